The van der Waals surface area contributed by atoms with Gasteiger partial charge in [-0.2, -0.15) is 4.98 Å². The van der Waals surface area contributed by atoms with Crippen LogP contribution in [-0.4, -0.2) is 52.1 Å². The lowest BCUT2D eigenvalue weighted by Crippen LogP contribution is -2.46. The van der Waals surface area contributed by atoms with Gasteiger partial charge in [0.15, 0.2) is 0 Å². The highest BCUT2D eigenvalue weighted by Crippen LogP contribution is 2.15. The number of carbonyl (C=O) groups is 1. The third-order valence-corrected chi connectivity index (χ3v) is 3.01. The molecule has 1 saturated heterocycles. The minimum atomic E-state index is -0.0145. The highest BCUT2D eigenvalue weighted by Gasteiger charge is 2.19. The topological polar surface area (TPSA) is 84.1 Å². The van der Waals surface area contributed by atoms with Crippen molar-refractivity contribution in [2.24, 2.45) is 0 Å². The molecule has 2 aromatic heterocycles. The van der Waals surface area contributed by atoms with Gasteiger partial charge < -0.3 is 14.7 Å². The van der Waals surface area contributed by atoms with Gasteiger partial charge in [0, 0.05) is 44.1 Å². The van der Waals surface area contributed by atoms with Gasteiger partial charge >= 0.3 is 0 Å². The maximum Gasteiger partial charge on any atom is 0.255 e. The smallest absolute Gasteiger partial charge is 0.255 e. The molecule has 1 fully saturated rings. The van der Waals surface area contributed by atoms with Crippen molar-refractivity contribution < 1.29 is 9.32 Å². The molecule has 7 heteroatoms. The molecule has 19 heavy (non-hydrogen) atoms. The molecule has 0 bridgehead atoms. The van der Waals surface area contributed by atoms with Crippen LogP contribution >= 0.6 is 0 Å². The second-order valence-electron chi connectivity index (χ2n) is 4.26. The van der Waals surface area contributed by atoms with Gasteiger partial charge in [-0.1, -0.05) is 5.16 Å². The summed E-state index contributed by atoms with van der Waals surface area (Å²) in [4.78, 5) is 22.1. The van der Waals surface area contributed by atoms with Crippen molar-refractivity contribution in [1.29, 1.82) is 0 Å². The van der Waals surface area contributed by atoms with Gasteiger partial charge in [-0.05, 0) is 6.07 Å². The van der Waals surface area contributed by atoms with Gasteiger partial charge in [-0.3, -0.25) is 9.78 Å². The number of rotatable bonds is 2. The van der Waals surface area contributed by atoms with Crippen LogP contribution in [-0.2, 0) is 0 Å². The SMILES string of the molecule is O=C(c1cncc(-c2ncon2)c1)N1CCNCC1. The molecule has 1 aliphatic rings. The molecule has 3 rings (SSSR count). The molecule has 1 N–H and O–H groups in total. The Morgan fingerprint density at radius 2 is 2.16 bits per heavy atom. The Morgan fingerprint density at radius 1 is 1.32 bits per heavy atom. The largest absolute Gasteiger partial charge is 0.342 e. The highest BCUT2D eigenvalue weighted by molar-refractivity contribution is 5.95. The molecule has 1 aliphatic heterocycles. The van der Waals surface area contributed by atoms with Crippen molar-refractivity contribution in [2.45, 2.75) is 0 Å². The minimum absolute atomic E-state index is 0.0145. The molecule has 0 spiro atoms. The van der Waals surface area contributed by atoms with Crippen molar-refractivity contribution in [3.05, 3.63) is 30.4 Å². The van der Waals surface area contributed by atoms with E-state index in [2.05, 4.69) is 20.4 Å². The normalized spacial score (nSPS) is 15.5. The standard InChI is InChI=1S/C12H13N5O2/c18-12(17-3-1-13-2-4-17)10-5-9(6-14-7-10)11-15-8-19-16-11/h5-8,13H,1-4H2. The Labute approximate surface area is 109 Å². The first-order chi connectivity index (χ1) is 9.34. The number of hydrogen-bond donors (Lipinski definition) is 1. The summed E-state index contributed by atoms with van der Waals surface area (Å²) in [5.41, 5.74) is 1.22. The summed E-state index contributed by atoms with van der Waals surface area (Å²) in [7, 11) is 0. The van der Waals surface area contributed by atoms with Gasteiger partial charge in [0.2, 0.25) is 12.2 Å². The van der Waals surface area contributed by atoms with E-state index in [0.717, 1.165) is 13.1 Å². The summed E-state index contributed by atoms with van der Waals surface area (Å²) < 4.78 is 4.69. The van der Waals surface area contributed by atoms with Crippen LogP contribution in [0.1, 0.15) is 10.4 Å². The van der Waals surface area contributed by atoms with Crippen LogP contribution in [0.15, 0.2) is 29.4 Å². The van der Waals surface area contributed by atoms with Crippen LogP contribution in [0.2, 0.25) is 0 Å². The molecule has 1 amide bonds. The Balaban J connectivity index is 1.84. The molecule has 7 nitrogen and oxygen atoms in total. The second-order valence-corrected chi connectivity index (χ2v) is 4.26. The zero-order chi connectivity index (χ0) is 13.1. The average Bonchev–Trinajstić information content (AvgIpc) is 3.02. The van der Waals surface area contributed by atoms with Gasteiger partial charge in [0.05, 0.1) is 5.56 Å². The summed E-state index contributed by atoms with van der Waals surface area (Å²) in [6.45, 7) is 3.07. The number of amides is 1. The zero-order valence-corrected chi connectivity index (χ0v) is 10.2. The molecule has 2 aromatic rings. The van der Waals surface area contributed by atoms with Gasteiger partial charge in [0.25, 0.3) is 5.91 Å². The minimum Gasteiger partial charge on any atom is -0.342 e. The predicted octanol–water partition coefficient (Wildman–Crippen LogP) is 0.177. The molecular formula is C12H13N5O2. The molecule has 98 valence electrons. The quantitative estimate of drug-likeness (QED) is 0.828. The summed E-state index contributed by atoms with van der Waals surface area (Å²) in [5.74, 6) is 0.418. The molecule has 0 saturated carbocycles. The Kier molecular flexibility index (Phi) is 3.20. The van der Waals surface area contributed by atoms with Crippen molar-refractivity contribution in [1.82, 2.24) is 25.3 Å². The Morgan fingerprint density at radius 3 is 2.89 bits per heavy atom. The fraction of sp³-hybridized carbons (Fsp3) is 0.333. The van der Waals surface area contributed by atoms with E-state index in [4.69, 9.17) is 4.52 Å². The highest BCUT2D eigenvalue weighted by atomic mass is 16.5. The first kappa shape index (κ1) is 11.8. The lowest BCUT2D eigenvalue weighted by Gasteiger charge is -2.27. The van der Waals surface area contributed by atoms with Crippen molar-refractivity contribution in [3.8, 4) is 11.4 Å². The van der Waals surface area contributed by atoms with E-state index in [9.17, 15) is 4.79 Å². The van der Waals surface area contributed by atoms with E-state index >= 15 is 0 Å². The van der Waals surface area contributed by atoms with Crippen LogP contribution < -0.4 is 5.32 Å². The number of pyridine rings is 1. The number of aromatic nitrogens is 3. The summed E-state index contributed by atoms with van der Waals surface area (Å²) in [6, 6.07) is 1.74. The van der Waals surface area contributed by atoms with Gasteiger partial charge in [-0.25, -0.2) is 0 Å². The fourth-order valence-corrected chi connectivity index (χ4v) is 2.03. The Bertz CT molecular complexity index is 563. The Hall–Kier alpha value is -2.28. The van der Waals surface area contributed by atoms with E-state index in [1.54, 1.807) is 18.5 Å². The van der Waals surface area contributed by atoms with Crippen LogP contribution in [0, 0.1) is 0 Å². The van der Waals surface area contributed by atoms with Crippen LogP contribution in [0.3, 0.4) is 0 Å². The van der Waals surface area contributed by atoms with Crippen molar-refractivity contribution >= 4 is 5.91 Å². The summed E-state index contributed by atoms with van der Waals surface area (Å²) in [5, 5.41) is 6.95. The number of hydrogen-bond acceptors (Lipinski definition) is 6. The van der Waals surface area contributed by atoms with Crippen LogP contribution in [0.25, 0.3) is 11.4 Å². The van der Waals surface area contributed by atoms with Crippen LogP contribution in [0.4, 0.5) is 0 Å². The summed E-state index contributed by atoms with van der Waals surface area (Å²) in [6.07, 6.45) is 4.42. The lowest BCUT2D eigenvalue weighted by atomic mass is 10.1. The molecule has 3 heterocycles. The average molecular weight is 259 g/mol. The molecule has 0 atom stereocenters. The van der Waals surface area contributed by atoms with E-state index in [1.165, 1.54) is 6.39 Å². The fourth-order valence-electron chi connectivity index (χ4n) is 2.03. The molecule has 0 aromatic carbocycles. The second kappa shape index (κ2) is 5.15. The number of nitrogens with one attached hydrogen (secondary N) is 1. The van der Waals surface area contributed by atoms with E-state index in [0.29, 0.717) is 30.0 Å². The van der Waals surface area contributed by atoms with Crippen molar-refractivity contribution in [3.63, 3.8) is 0 Å². The van der Waals surface area contributed by atoms with E-state index < -0.39 is 0 Å². The third kappa shape index (κ3) is 2.45. The first-order valence-corrected chi connectivity index (χ1v) is 6.06. The molecular weight excluding hydrogens is 246 g/mol. The molecule has 0 unspecified atom stereocenters. The first-order valence-electron chi connectivity index (χ1n) is 6.06. The number of nitrogens with zero attached hydrogens (tertiary/aromatic N) is 4. The maximum absolute atomic E-state index is 12.3. The molecule has 0 radical (unpaired) electrons. The lowest BCUT2D eigenvalue weighted by molar-refractivity contribution is 0.0735. The predicted molar refractivity (Wildman–Crippen MR) is 66.3 cm³/mol. The van der Waals surface area contributed by atoms with Gasteiger partial charge in [-0.15, -0.1) is 0 Å². The molecule has 0 aliphatic carbocycles. The van der Waals surface area contributed by atoms with Gasteiger partial charge in [0.1, 0.15) is 0 Å². The van der Waals surface area contributed by atoms with E-state index in [1.807, 2.05) is 4.90 Å². The van der Waals surface area contributed by atoms with E-state index in [-0.39, 0.29) is 5.91 Å². The van der Waals surface area contributed by atoms with Crippen LogP contribution in [0.5, 0.6) is 0 Å². The van der Waals surface area contributed by atoms with Crippen molar-refractivity contribution in [2.75, 3.05) is 26.2 Å². The number of piperazine rings is 1. The summed E-state index contributed by atoms with van der Waals surface area (Å²) >= 11 is 0. The number of carbonyl (C=O) groups excluding carboxylic acids is 1. The maximum atomic E-state index is 12.3. The third-order valence-electron chi connectivity index (χ3n) is 3.01. The monoisotopic (exact) mass is 259 g/mol. The zero-order valence-electron chi connectivity index (χ0n) is 10.2.